The molecule has 0 radical (unpaired) electrons. The minimum atomic E-state index is -3.43. The summed E-state index contributed by atoms with van der Waals surface area (Å²) in [5, 5.41) is 0. The van der Waals surface area contributed by atoms with Gasteiger partial charge in [0.25, 0.3) is 5.91 Å². The maximum Gasteiger partial charge on any atom is 0.253 e. The number of likely N-dealkylation sites (tertiary alicyclic amines) is 1. The van der Waals surface area contributed by atoms with Gasteiger partial charge in [-0.25, -0.2) is 13.1 Å². The molecule has 1 N–H and O–H groups in total. The highest BCUT2D eigenvalue weighted by Crippen LogP contribution is 2.14. The van der Waals surface area contributed by atoms with Gasteiger partial charge in [-0.1, -0.05) is 42.5 Å². The summed E-state index contributed by atoms with van der Waals surface area (Å²) in [6.45, 7) is 1.77. The van der Waals surface area contributed by atoms with Crippen molar-refractivity contribution < 1.29 is 13.2 Å². The van der Waals surface area contributed by atoms with E-state index >= 15 is 0 Å². The van der Waals surface area contributed by atoms with Crippen LogP contribution in [0.5, 0.6) is 0 Å². The van der Waals surface area contributed by atoms with Crippen molar-refractivity contribution in [2.75, 3.05) is 13.1 Å². The average Bonchev–Trinajstić information content (AvgIpc) is 3.15. The molecule has 1 fully saturated rings. The van der Waals surface area contributed by atoms with Crippen LogP contribution < -0.4 is 4.72 Å². The molecule has 0 bridgehead atoms. The molecule has 132 valence electrons. The van der Waals surface area contributed by atoms with E-state index in [4.69, 9.17) is 0 Å². The highest BCUT2D eigenvalue weighted by molar-refractivity contribution is 7.88. The zero-order chi connectivity index (χ0) is 17.7. The summed E-state index contributed by atoms with van der Waals surface area (Å²) in [5.74, 6) is -0.0354. The Morgan fingerprint density at radius 3 is 2.36 bits per heavy atom. The lowest BCUT2D eigenvalue weighted by atomic mass is 10.1. The van der Waals surface area contributed by atoms with Crippen molar-refractivity contribution in [2.24, 2.45) is 0 Å². The molecule has 1 heterocycles. The lowest BCUT2D eigenvalue weighted by Gasteiger charge is -2.15. The van der Waals surface area contributed by atoms with Crippen LogP contribution in [0.25, 0.3) is 0 Å². The van der Waals surface area contributed by atoms with Crippen molar-refractivity contribution in [3.05, 3.63) is 71.3 Å². The van der Waals surface area contributed by atoms with Crippen LogP contribution >= 0.6 is 0 Å². The molecule has 0 unspecified atom stereocenters. The Bertz CT molecular complexity index is 829. The number of hydrogen-bond acceptors (Lipinski definition) is 3. The molecule has 2 aromatic rings. The van der Waals surface area contributed by atoms with E-state index in [1.165, 1.54) is 0 Å². The van der Waals surface area contributed by atoms with E-state index in [0.717, 1.165) is 37.1 Å². The molecule has 25 heavy (non-hydrogen) atoms. The van der Waals surface area contributed by atoms with Gasteiger partial charge in [-0.05, 0) is 36.1 Å². The minimum Gasteiger partial charge on any atom is -0.339 e. The SMILES string of the molecule is O=C(c1cccc(CNS(=O)(=O)Cc2ccccc2)c1)N1CCCC1. The Kier molecular flexibility index (Phi) is 5.50. The van der Waals surface area contributed by atoms with Crippen molar-refractivity contribution >= 4 is 15.9 Å². The van der Waals surface area contributed by atoms with E-state index in [-0.39, 0.29) is 18.2 Å². The number of sulfonamides is 1. The first kappa shape index (κ1) is 17.6. The van der Waals surface area contributed by atoms with Gasteiger partial charge in [0, 0.05) is 25.2 Å². The summed E-state index contributed by atoms with van der Waals surface area (Å²) in [6, 6.07) is 16.2. The summed E-state index contributed by atoms with van der Waals surface area (Å²) in [5.41, 5.74) is 2.14. The predicted octanol–water partition coefficient (Wildman–Crippen LogP) is 2.54. The third-order valence-corrected chi connectivity index (χ3v) is 5.56. The summed E-state index contributed by atoms with van der Waals surface area (Å²) < 4.78 is 27.0. The maximum atomic E-state index is 12.4. The first-order valence-corrected chi connectivity index (χ1v) is 10.1. The van der Waals surface area contributed by atoms with Gasteiger partial charge < -0.3 is 4.90 Å². The largest absolute Gasteiger partial charge is 0.339 e. The maximum absolute atomic E-state index is 12.4. The monoisotopic (exact) mass is 358 g/mol. The number of carbonyl (C=O) groups excluding carboxylic acids is 1. The van der Waals surface area contributed by atoms with Crippen LogP contribution in [0.2, 0.25) is 0 Å². The normalized spacial score (nSPS) is 14.6. The summed E-state index contributed by atoms with van der Waals surface area (Å²) in [7, 11) is -3.43. The van der Waals surface area contributed by atoms with Crippen LogP contribution in [0.1, 0.15) is 34.3 Å². The van der Waals surface area contributed by atoms with E-state index in [9.17, 15) is 13.2 Å². The lowest BCUT2D eigenvalue weighted by Crippen LogP contribution is -2.28. The third-order valence-electron chi connectivity index (χ3n) is 4.26. The Hall–Kier alpha value is -2.18. The first-order valence-electron chi connectivity index (χ1n) is 8.43. The van der Waals surface area contributed by atoms with Gasteiger partial charge >= 0.3 is 0 Å². The smallest absolute Gasteiger partial charge is 0.253 e. The summed E-state index contributed by atoms with van der Waals surface area (Å²) >= 11 is 0. The molecule has 1 amide bonds. The second-order valence-electron chi connectivity index (χ2n) is 6.27. The standard InChI is InChI=1S/C19H22N2O3S/c22-19(21-11-4-5-12-21)18-10-6-9-17(13-18)14-20-25(23,24)15-16-7-2-1-3-8-16/h1-3,6-10,13,20H,4-5,11-12,14-15H2. The number of carbonyl (C=O) groups is 1. The molecule has 1 saturated heterocycles. The number of benzene rings is 2. The van der Waals surface area contributed by atoms with Crippen molar-refractivity contribution in [3.8, 4) is 0 Å². The van der Waals surface area contributed by atoms with Gasteiger partial charge in [0.2, 0.25) is 10.0 Å². The van der Waals surface area contributed by atoms with Crippen LogP contribution in [-0.2, 0) is 22.3 Å². The molecule has 6 heteroatoms. The van der Waals surface area contributed by atoms with E-state index in [1.54, 1.807) is 30.3 Å². The summed E-state index contributed by atoms with van der Waals surface area (Å²) in [6.07, 6.45) is 2.09. The molecule has 1 aliphatic heterocycles. The van der Waals surface area contributed by atoms with Crippen LogP contribution in [-0.4, -0.2) is 32.3 Å². The van der Waals surface area contributed by atoms with Crippen LogP contribution in [0.3, 0.4) is 0 Å². The van der Waals surface area contributed by atoms with E-state index in [2.05, 4.69) is 4.72 Å². The second-order valence-corrected chi connectivity index (χ2v) is 8.07. The molecule has 0 aliphatic carbocycles. The molecule has 2 aromatic carbocycles. The zero-order valence-electron chi connectivity index (χ0n) is 14.0. The van der Waals surface area contributed by atoms with E-state index < -0.39 is 10.0 Å². The highest BCUT2D eigenvalue weighted by atomic mass is 32.2. The van der Waals surface area contributed by atoms with Gasteiger partial charge in [0.15, 0.2) is 0 Å². The Morgan fingerprint density at radius 1 is 0.960 bits per heavy atom. The van der Waals surface area contributed by atoms with Gasteiger partial charge in [-0.15, -0.1) is 0 Å². The van der Waals surface area contributed by atoms with Crippen LogP contribution in [0.4, 0.5) is 0 Å². The third kappa shape index (κ3) is 4.90. The average molecular weight is 358 g/mol. The molecule has 0 spiro atoms. The molecule has 0 saturated carbocycles. The van der Waals surface area contributed by atoms with Gasteiger partial charge in [0.1, 0.15) is 0 Å². The molecule has 5 nitrogen and oxygen atoms in total. The summed E-state index contributed by atoms with van der Waals surface area (Å²) in [4.78, 5) is 14.3. The second kappa shape index (κ2) is 7.80. The molecule has 0 atom stereocenters. The quantitative estimate of drug-likeness (QED) is 0.863. The highest BCUT2D eigenvalue weighted by Gasteiger charge is 2.19. The van der Waals surface area contributed by atoms with Crippen LogP contribution in [0.15, 0.2) is 54.6 Å². The minimum absolute atomic E-state index is 0.0199. The topological polar surface area (TPSA) is 66.5 Å². The van der Waals surface area contributed by atoms with Gasteiger partial charge in [0.05, 0.1) is 5.75 Å². The van der Waals surface area contributed by atoms with Crippen LogP contribution in [0, 0.1) is 0 Å². The van der Waals surface area contributed by atoms with Crippen molar-refractivity contribution in [3.63, 3.8) is 0 Å². The number of hydrogen-bond donors (Lipinski definition) is 1. The Labute approximate surface area is 148 Å². The number of rotatable bonds is 6. The Morgan fingerprint density at radius 2 is 1.64 bits per heavy atom. The fourth-order valence-electron chi connectivity index (χ4n) is 2.96. The molecular formula is C19H22N2O3S. The van der Waals surface area contributed by atoms with Gasteiger partial charge in [-0.3, -0.25) is 4.79 Å². The fraction of sp³-hybridized carbons (Fsp3) is 0.316. The van der Waals surface area contributed by atoms with Crippen molar-refractivity contribution in [2.45, 2.75) is 25.1 Å². The fourth-order valence-corrected chi connectivity index (χ4v) is 4.08. The van der Waals surface area contributed by atoms with Gasteiger partial charge in [-0.2, -0.15) is 0 Å². The van der Waals surface area contributed by atoms with E-state index in [0.29, 0.717) is 5.56 Å². The number of nitrogens with one attached hydrogen (secondary N) is 1. The molecular weight excluding hydrogens is 336 g/mol. The lowest BCUT2D eigenvalue weighted by molar-refractivity contribution is 0.0792. The predicted molar refractivity (Wildman–Crippen MR) is 97.5 cm³/mol. The molecule has 1 aliphatic rings. The number of nitrogens with zero attached hydrogens (tertiary/aromatic N) is 1. The van der Waals surface area contributed by atoms with E-state index in [1.807, 2.05) is 29.2 Å². The molecule has 0 aromatic heterocycles. The molecule has 3 rings (SSSR count). The number of amides is 1. The van der Waals surface area contributed by atoms with Crippen molar-refractivity contribution in [1.29, 1.82) is 0 Å². The van der Waals surface area contributed by atoms with Crippen molar-refractivity contribution in [1.82, 2.24) is 9.62 Å². The Balaban J connectivity index is 1.63. The zero-order valence-corrected chi connectivity index (χ0v) is 14.8. The first-order chi connectivity index (χ1) is 12.0.